The third-order valence-electron chi connectivity index (χ3n) is 5.56. The molecule has 1 aromatic heterocycles. The van der Waals surface area contributed by atoms with Crippen LogP contribution in [0.25, 0.3) is 0 Å². The number of ether oxygens (including phenoxy) is 1. The molecule has 0 spiro atoms. The number of benzene rings is 2. The van der Waals surface area contributed by atoms with Crippen molar-refractivity contribution >= 4 is 23.3 Å². The van der Waals surface area contributed by atoms with Crippen LogP contribution in [0, 0.1) is 5.82 Å². The molecule has 0 saturated carbocycles. The lowest BCUT2D eigenvalue weighted by molar-refractivity contribution is -0.130. The molecule has 3 aromatic rings. The van der Waals surface area contributed by atoms with Crippen LogP contribution in [0.5, 0.6) is 5.75 Å². The molecule has 0 atom stereocenters. The number of nitrogens with zero attached hydrogens (tertiary/aromatic N) is 3. The Labute approximate surface area is 191 Å². The highest BCUT2D eigenvalue weighted by Crippen LogP contribution is 2.18. The molecule has 0 unspecified atom stereocenters. The lowest BCUT2D eigenvalue weighted by Gasteiger charge is -2.35. The third kappa shape index (κ3) is 5.65. The minimum absolute atomic E-state index is 0.0923. The van der Waals surface area contributed by atoms with Crippen molar-refractivity contribution in [2.75, 3.05) is 43.5 Å². The molecule has 1 saturated heterocycles. The molecule has 0 aliphatic carbocycles. The van der Waals surface area contributed by atoms with E-state index in [1.54, 1.807) is 19.4 Å². The number of piperazine rings is 1. The Morgan fingerprint density at radius 2 is 1.79 bits per heavy atom. The van der Waals surface area contributed by atoms with E-state index in [-0.39, 0.29) is 17.6 Å². The summed E-state index contributed by atoms with van der Waals surface area (Å²) in [4.78, 5) is 33.4. The number of halogens is 1. The van der Waals surface area contributed by atoms with Gasteiger partial charge in [-0.1, -0.05) is 12.1 Å². The van der Waals surface area contributed by atoms with Gasteiger partial charge in [-0.3, -0.25) is 9.59 Å². The summed E-state index contributed by atoms with van der Waals surface area (Å²) in [5.74, 6) is 0.908. The molecule has 0 radical (unpaired) electrons. The fourth-order valence-electron chi connectivity index (χ4n) is 3.71. The quantitative estimate of drug-likeness (QED) is 0.626. The summed E-state index contributed by atoms with van der Waals surface area (Å²) in [6, 6.07) is 16.5. The lowest BCUT2D eigenvalue weighted by atomic mass is 10.1. The minimum atomic E-state index is -0.389. The van der Waals surface area contributed by atoms with Crippen LogP contribution in [0.2, 0.25) is 0 Å². The maximum atomic E-state index is 13.0. The Bertz CT molecular complexity index is 1110. The number of hydrogen-bond donors (Lipinski definition) is 1. The highest BCUT2D eigenvalue weighted by Gasteiger charge is 2.22. The average Bonchev–Trinajstić information content (AvgIpc) is 2.85. The van der Waals surface area contributed by atoms with Gasteiger partial charge in [0.15, 0.2) is 0 Å². The number of methoxy groups -OCH3 is 1. The van der Waals surface area contributed by atoms with Gasteiger partial charge in [0.05, 0.1) is 25.4 Å². The van der Waals surface area contributed by atoms with E-state index < -0.39 is 0 Å². The van der Waals surface area contributed by atoms with Crippen LogP contribution < -0.4 is 15.0 Å². The Kier molecular flexibility index (Phi) is 6.83. The van der Waals surface area contributed by atoms with E-state index in [0.717, 1.165) is 17.1 Å². The Morgan fingerprint density at radius 1 is 1.03 bits per heavy atom. The number of hydrogen-bond acceptors (Lipinski definition) is 5. The molecule has 0 bridgehead atoms. The van der Waals surface area contributed by atoms with Gasteiger partial charge < -0.3 is 19.9 Å². The molecule has 4 rings (SSSR count). The van der Waals surface area contributed by atoms with E-state index in [4.69, 9.17) is 4.74 Å². The van der Waals surface area contributed by atoms with Crippen LogP contribution in [0.4, 0.5) is 15.9 Å². The first-order valence-corrected chi connectivity index (χ1v) is 10.7. The second-order valence-electron chi connectivity index (χ2n) is 7.76. The van der Waals surface area contributed by atoms with E-state index in [9.17, 15) is 14.0 Å². The zero-order chi connectivity index (χ0) is 23.2. The van der Waals surface area contributed by atoms with Crippen molar-refractivity contribution in [1.29, 1.82) is 0 Å². The molecule has 8 heteroatoms. The Balaban J connectivity index is 1.29. The van der Waals surface area contributed by atoms with Crippen molar-refractivity contribution in [3.05, 3.63) is 83.8 Å². The summed E-state index contributed by atoms with van der Waals surface area (Å²) in [5.41, 5.74) is 1.86. The first-order chi connectivity index (χ1) is 16.0. The summed E-state index contributed by atoms with van der Waals surface area (Å²) in [6.45, 7) is 2.59. The topological polar surface area (TPSA) is 74.8 Å². The number of amides is 2. The predicted molar refractivity (Wildman–Crippen MR) is 124 cm³/mol. The third-order valence-corrected chi connectivity index (χ3v) is 5.56. The van der Waals surface area contributed by atoms with Gasteiger partial charge >= 0.3 is 0 Å². The molecular formula is C25H25FN4O3. The molecule has 1 N–H and O–H groups in total. The van der Waals surface area contributed by atoms with Gasteiger partial charge in [-0.25, -0.2) is 9.37 Å². The highest BCUT2D eigenvalue weighted by molar-refractivity contribution is 6.04. The van der Waals surface area contributed by atoms with E-state index in [1.165, 1.54) is 24.3 Å². The molecule has 2 aromatic carbocycles. The van der Waals surface area contributed by atoms with Crippen LogP contribution in [-0.4, -0.2) is 55.0 Å². The van der Waals surface area contributed by atoms with Crippen LogP contribution in [0.3, 0.4) is 0 Å². The van der Waals surface area contributed by atoms with Gasteiger partial charge in [0.1, 0.15) is 17.4 Å². The number of rotatable bonds is 6. The van der Waals surface area contributed by atoms with Crippen molar-refractivity contribution < 1.29 is 18.7 Å². The smallest absolute Gasteiger partial charge is 0.255 e. The first-order valence-electron chi connectivity index (χ1n) is 10.7. The van der Waals surface area contributed by atoms with Crippen LogP contribution in [0.15, 0.2) is 66.9 Å². The molecule has 170 valence electrons. The largest absolute Gasteiger partial charge is 0.497 e. The standard InChI is InChI=1S/C25H25FN4O3/c1-33-22-4-2-3-18(15-22)16-24(31)30-13-11-29(12-14-30)23-10-9-21(17-27-23)28-25(32)19-5-7-20(26)8-6-19/h2-10,15,17H,11-14,16H2,1H3,(H,28,32). The number of carbonyl (C=O) groups excluding carboxylic acids is 2. The van der Waals surface area contributed by atoms with Crippen molar-refractivity contribution in [2.45, 2.75) is 6.42 Å². The van der Waals surface area contributed by atoms with Gasteiger partial charge in [0.2, 0.25) is 5.91 Å². The predicted octanol–water partition coefficient (Wildman–Crippen LogP) is 3.37. The SMILES string of the molecule is COc1cccc(CC(=O)N2CCN(c3ccc(NC(=O)c4ccc(F)cc4)cn3)CC2)c1. The molecule has 7 nitrogen and oxygen atoms in total. The van der Waals surface area contributed by atoms with Crippen molar-refractivity contribution in [3.63, 3.8) is 0 Å². The summed E-state index contributed by atoms with van der Waals surface area (Å²) < 4.78 is 18.2. The second-order valence-corrected chi connectivity index (χ2v) is 7.76. The number of aromatic nitrogens is 1. The van der Waals surface area contributed by atoms with Gasteiger partial charge in [0, 0.05) is 31.7 Å². The average molecular weight is 448 g/mol. The fraction of sp³-hybridized carbons (Fsp3) is 0.240. The second kappa shape index (κ2) is 10.1. The van der Waals surface area contributed by atoms with E-state index in [1.807, 2.05) is 35.2 Å². The summed E-state index contributed by atoms with van der Waals surface area (Å²) in [6.07, 6.45) is 1.94. The molecule has 2 heterocycles. The Hall–Kier alpha value is -3.94. The zero-order valence-electron chi connectivity index (χ0n) is 18.3. The fourth-order valence-corrected chi connectivity index (χ4v) is 3.71. The van der Waals surface area contributed by atoms with E-state index in [0.29, 0.717) is 43.9 Å². The molecule has 1 fully saturated rings. The van der Waals surface area contributed by atoms with Gasteiger partial charge in [0.25, 0.3) is 5.91 Å². The first kappa shape index (κ1) is 22.3. The molecule has 33 heavy (non-hydrogen) atoms. The molecule has 2 amide bonds. The summed E-state index contributed by atoms with van der Waals surface area (Å²) >= 11 is 0. The normalized spacial score (nSPS) is 13.5. The maximum Gasteiger partial charge on any atom is 0.255 e. The molecule has 1 aliphatic rings. The Morgan fingerprint density at radius 3 is 2.45 bits per heavy atom. The lowest BCUT2D eigenvalue weighted by Crippen LogP contribution is -2.49. The van der Waals surface area contributed by atoms with Crippen LogP contribution >= 0.6 is 0 Å². The van der Waals surface area contributed by atoms with E-state index >= 15 is 0 Å². The van der Waals surface area contributed by atoms with Crippen LogP contribution in [-0.2, 0) is 11.2 Å². The number of nitrogens with one attached hydrogen (secondary N) is 1. The van der Waals surface area contributed by atoms with E-state index in [2.05, 4.69) is 15.2 Å². The van der Waals surface area contributed by atoms with Gasteiger partial charge in [-0.2, -0.15) is 0 Å². The number of anilines is 2. The van der Waals surface area contributed by atoms with Gasteiger partial charge in [-0.15, -0.1) is 0 Å². The van der Waals surface area contributed by atoms with Crippen molar-refractivity contribution in [1.82, 2.24) is 9.88 Å². The number of pyridine rings is 1. The molecule has 1 aliphatic heterocycles. The van der Waals surface area contributed by atoms with Crippen molar-refractivity contribution in [2.24, 2.45) is 0 Å². The number of carbonyl (C=O) groups is 2. The zero-order valence-corrected chi connectivity index (χ0v) is 18.3. The molecular weight excluding hydrogens is 423 g/mol. The monoisotopic (exact) mass is 448 g/mol. The maximum absolute atomic E-state index is 13.0. The minimum Gasteiger partial charge on any atom is -0.497 e. The summed E-state index contributed by atoms with van der Waals surface area (Å²) in [7, 11) is 1.61. The highest BCUT2D eigenvalue weighted by atomic mass is 19.1. The summed E-state index contributed by atoms with van der Waals surface area (Å²) in [5, 5.41) is 2.76. The van der Waals surface area contributed by atoms with Crippen molar-refractivity contribution in [3.8, 4) is 5.75 Å². The van der Waals surface area contributed by atoms with Crippen LogP contribution in [0.1, 0.15) is 15.9 Å². The van der Waals surface area contributed by atoms with Gasteiger partial charge in [-0.05, 0) is 54.1 Å².